The van der Waals surface area contributed by atoms with Gasteiger partial charge in [0.2, 0.25) is 0 Å². The van der Waals surface area contributed by atoms with Crippen LogP contribution in [0.3, 0.4) is 0 Å². The molecule has 2 aliphatic rings. The summed E-state index contributed by atoms with van der Waals surface area (Å²) in [7, 11) is 0. The Morgan fingerprint density at radius 2 is 1.97 bits per heavy atom. The molecule has 2 aromatic carbocycles. The van der Waals surface area contributed by atoms with Crippen molar-refractivity contribution < 1.29 is 19.0 Å². The van der Waals surface area contributed by atoms with E-state index < -0.39 is 12.2 Å². The van der Waals surface area contributed by atoms with Crippen LogP contribution in [0.2, 0.25) is 0 Å². The standard InChI is InChI=1S/C27H27FO3/c1-17-14-19(8-11-24(17)28)26-22-7-5-4-6-18(22)12-13-27(2,3)23(26)10-9-21-15-20(29)16-25(30)31-21/h4-14,20-21,29H,15-16H2,1-3H3/b10-9+/t20-,21-/m1/s1. The lowest BCUT2D eigenvalue weighted by atomic mass is 9.78. The Balaban J connectivity index is 1.91. The molecule has 1 N–H and O–H groups in total. The molecule has 0 radical (unpaired) electrons. The van der Waals surface area contributed by atoms with Crippen LogP contribution in [-0.4, -0.2) is 23.3 Å². The van der Waals surface area contributed by atoms with E-state index >= 15 is 0 Å². The maximum Gasteiger partial charge on any atom is 0.309 e. The summed E-state index contributed by atoms with van der Waals surface area (Å²) >= 11 is 0. The van der Waals surface area contributed by atoms with E-state index in [1.165, 1.54) is 6.07 Å². The Morgan fingerprint density at radius 1 is 1.19 bits per heavy atom. The SMILES string of the molecule is Cc1cc(C2=C(/C=C/[C@@H]3C[C@@H](O)CC(=O)O3)C(C)(C)C=Cc3ccccc32)ccc1F. The first-order valence-corrected chi connectivity index (χ1v) is 10.6. The van der Waals surface area contributed by atoms with Gasteiger partial charge in [-0.1, -0.05) is 62.4 Å². The van der Waals surface area contributed by atoms with Gasteiger partial charge in [-0.05, 0) is 58.5 Å². The number of esters is 1. The van der Waals surface area contributed by atoms with Crippen molar-refractivity contribution in [1.82, 2.24) is 0 Å². The summed E-state index contributed by atoms with van der Waals surface area (Å²) in [5.74, 6) is -0.619. The van der Waals surface area contributed by atoms with Gasteiger partial charge in [-0.15, -0.1) is 0 Å². The lowest BCUT2D eigenvalue weighted by molar-refractivity contribution is -0.156. The zero-order chi connectivity index (χ0) is 22.2. The smallest absolute Gasteiger partial charge is 0.309 e. The molecule has 4 rings (SSSR count). The number of hydrogen-bond acceptors (Lipinski definition) is 3. The second kappa shape index (κ2) is 8.27. The molecule has 0 unspecified atom stereocenters. The lowest BCUT2D eigenvalue weighted by Crippen LogP contribution is -2.31. The molecule has 0 saturated carbocycles. The molecule has 31 heavy (non-hydrogen) atoms. The van der Waals surface area contributed by atoms with E-state index in [1.54, 1.807) is 6.92 Å². The van der Waals surface area contributed by atoms with E-state index in [0.717, 1.165) is 27.8 Å². The number of halogens is 1. The second-order valence-corrected chi connectivity index (χ2v) is 8.88. The summed E-state index contributed by atoms with van der Waals surface area (Å²) in [4.78, 5) is 11.8. The Bertz CT molecular complexity index is 1110. The van der Waals surface area contributed by atoms with E-state index in [0.29, 0.717) is 12.0 Å². The molecular weight excluding hydrogens is 391 g/mol. The Hall–Kier alpha value is -2.98. The summed E-state index contributed by atoms with van der Waals surface area (Å²) in [6.07, 6.45) is 7.40. The average Bonchev–Trinajstić information content (AvgIpc) is 2.82. The van der Waals surface area contributed by atoms with Crippen LogP contribution in [0, 0.1) is 18.2 Å². The molecule has 3 nitrogen and oxygen atoms in total. The first-order valence-electron chi connectivity index (χ1n) is 10.6. The number of carbonyl (C=O) groups is 1. The summed E-state index contributed by atoms with van der Waals surface area (Å²) in [5.41, 5.74) is 5.41. The number of fused-ring (bicyclic) bond motifs is 1. The van der Waals surface area contributed by atoms with Crippen molar-refractivity contribution in [3.05, 3.63) is 94.3 Å². The lowest BCUT2D eigenvalue weighted by Gasteiger charge is -2.27. The summed E-state index contributed by atoms with van der Waals surface area (Å²) in [5, 5.41) is 9.96. The molecule has 160 valence electrons. The van der Waals surface area contributed by atoms with Crippen LogP contribution < -0.4 is 0 Å². The number of allylic oxidation sites excluding steroid dienone is 3. The minimum absolute atomic E-state index is 0.0365. The van der Waals surface area contributed by atoms with Crippen LogP contribution in [0.25, 0.3) is 11.6 Å². The Kier molecular flexibility index (Phi) is 5.67. The van der Waals surface area contributed by atoms with E-state index in [1.807, 2.05) is 36.4 Å². The van der Waals surface area contributed by atoms with Crippen LogP contribution in [0.15, 0.2) is 66.3 Å². The normalized spacial score (nSPS) is 22.9. The molecule has 1 fully saturated rings. The highest BCUT2D eigenvalue weighted by molar-refractivity contribution is 5.90. The second-order valence-electron chi connectivity index (χ2n) is 8.88. The van der Waals surface area contributed by atoms with Crippen LogP contribution in [0.5, 0.6) is 0 Å². The van der Waals surface area contributed by atoms with Gasteiger partial charge in [-0.3, -0.25) is 4.79 Å². The number of aliphatic hydroxyl groups excluding tert-OH is 1. The van der Waals surface area contributed by atoms with Gasteiger partial charge in [0, 0.05) is 11.8 Å². The molecule has 1 heterocycles. The predicted molar refractivity (Wildman–Crippen MR) is 121 cm³/mol. The fourth-order valence-electron chi connectivity index (χ4n) is 4.26. The zero-order valence-corrected chi connectivity index (χ0v) is 18.1. The van der Waals surface area contributed by atoms with E-state index in [4.69, 9.17) is 4.74 Å². The molecule has 0 aromatic heterocycles. The van der Waals surface area contributed by atoms with Crippen molar-refractivity contribution in [2.75, 3.05) is 0 Å². The third-order valence-electron chi connectivity index (χ3n) is 5.99. The van der Waals surface area contributed by atoms with Gasteiger partial charge in [0.25, 0.3) is 0 Å². The zero-order valence-electron chi connectivity index (χ0n) is 18.1. The van der Waals surface area contributed by atoms with Crippen molar-refractivity contribution >= 4 is 17.6 Å². The molecule has 0 amide bonds. The minimum atomic E-state index is -0.688. The van der Waals surface area contributed by atoms with Crippen LogP contribution in [-0.2, 0) is 9.53 Å². The number of aliphatic hydroxyl groups is 1. The van der Waals surface area contributed by atoms with Gasteiger partial charge in [-0.2, -0.15) is 0 Å². The Morgan fingerprint density at radius 3 is 2.71 bits per heavy atom. The van der Waals surface area contributed by atoms with Gasteiger partial charge in [0.05, 0.1) is 12.5 Å². The number of aryl methyl sites for hydroxylation is 1. The molecular formula is C27H27FO3. The molecule has 2 atom stereocenters. The highest BCUT2D eigenvalue weighted by atomic mass is 19.1. The summed E-state index contributed by atoms with van der Waals surface area (Å²) in [6.45, 7) is 6.03. The number of hydrogen-bond donors (Lipinski definition) is 1. The highest BCUT2D eigenvalue weighted by Crippen LogP contribution is 2.43. The van der Waals surface area contributed by atoms with Gasteiger partial charge < -0.3 is 9.84 Å². The third-order valence-corrected chi connectivity index (χ3v) is 5.99. The molecule has 0 bridgehead atoms. The first kappa shape index (κ1) is 21.3. The molecule has 1 aliphatic heterocycles. The third kappa shape index (κ3) is 4.40. The quantitative estimate of drug-likeness (QED) is 0.659. The number of rotatable bonds is 3. The summed E-state index contributed by atoms with van der Waals surface area (Å²) in [6, 6.07) is 13.4. The Labute approximate surface area is 182 Å². The maximum atomic E-state index is 14.0. The van der Waals surface area contributed by atoms with Gasteiger partial charge in [0.1, 0.15) is 11.9 Å². The fourth-order valence-corrected chi connectivity index (χ4v) is 4.26. The van der Waals surface area contributed by atoms with Crippen LogP contribution in [0.1, 0.15) is 48.9 Å². The van der Waals surface area contributed by atoms with Crippen molar-refractivity contribution in [3.63, 3.8) is 0 Å². The number of carbonyl (C=O) groups excluding carboxylic acids is 1. The van der Waals surface area contributed by atoms with Gasteiger partial charge >= 0.3 is 5.97 Å². The first-order chi connectivity index (χ1) is 14.7. The van der Waals surface area contributed by atoms with Crippen molar-refractivity contribution in [3.8, 4) is 0 Å². The number of ether oxygens (including phenoxy) is 1. The average molecular weight is 419 g/mol. The van der Waals surface area contributed by atoms with Gasteiger partial charge in [0.15, 0.2) is 0 Å². The maximum absolute atomic E-state index is 14.0. The molecule has 2 aromatic rings. The van der Waals surface area contributed by atoms with Gasteiger partial charge in [-0.25, -0.2) is 4.39 Å². The van der Waals surface area contributed by atoms with E-state index in [-0.39, 0.29) is 23.6 Å². The molecule has 1 saturated heterocycles. The largest absolute Gasteiger partial charge is 0.458 e. The van der Waals surface area contributed by atoms with E-state index in [2.05, 4.69) is 38.1 Å². The monoisotopic (exact) mass is 418 g/mol. The molecule has 1 aliphatic carbocycles. The summed E-state index contributed by atoms with van der Waals surface area (Å²) < 4.78 is 19.5. The van der Waals surface area contributed by atoms with E-state index in [9.17, 15) is 14.3 Å². The minimum Gasteiger partial charge on any atom is -0.458 e. The molecule has 0 spiro atoms. The van der Waals surface area contributed by atoms with Crippen molar-refractivity contribution in [2.45, 2.75) is 45.8 Å². The van der Waals surface area contributed by atoms with Crippen LogP contribution >= 0.6 is 0 Å². The predicted octanol–water partition coefficient (Wildman–Crippen LogP) is 5.61. The topological polar surface area (TPSA) is 46.5 Å². The number of benzene rings is 2. The van der Waals surface area contributed by atoms with Crippen molar-refractivity contribution in [1.29, 1.82) is 0 Å². The molecule has 4 heteroatoms. The van der Waals surface area contributed by atoms with Crippen molar-refractivity contribution in [2.24, 2.45) is 5.41 Å². The fraction of sp³-hybridized carbons (Fsp3) is 0.296. The number of cyclic esters (lactones) is 1. The van der Waals surface area contributed by atoms with Crippen LogP contribution in [0.4, 0.5) is 4.39 Å². The highest BCUT2D eigenvalue weighted by Gasteiger charge is 2.29.